The zero-order valence-electron chi connectivity index (χ0n) is 14.3. The van der Waals surface area contributed by atoms with Crippen molar-refractivity contribution in [1.82, 2.24) is 16.0 Å². The highest BCUT2D eigenvalue weighted by molar-refractivity contribution is 9.10. The number of anilines is 1. The molecule has 27 heavy (non-hydrogen) atoms. The number of unbranched alkanes of at least 4 members (excludes halogenated alkanes) is 1. The van der Waals surface area contributed by atoms with E-state index in [4.69, 9.17) is 10.2 Å². The van der Waals surface area contributed by atoms with Crippen molar-refractivity contribution >= 4 is 45.6 Å². The lowest BCUT2D eigenvalue weighted by atomic mass is 10.1. The van der Waals surface area contributed by atoms with Crippen LogP contribution in [0.3, 0.4) is 0 Å². The minimum absolute atomic E-state index is 0.145. The van der Waals surface area contributed by atoms with Crippen LogP contribution in [-0.2, 0) is 9.59 Å². The number of carboxylic acid groups (broad SMARTS) is 2. The molecule has 0 heterocycles. The van der Waals surface area contributed by atoms with Crippen LogP contribution in [-0.4, -0.2) is 53.3 Å². The Labute approximate surface area is 163 Å². The summed E-state index contributed by atoms with van der Waals surface area (Å²) in [6.45, 7) is -0.268. The molecule has 4 amide bonds. The summed E-state index contributed by atoms with van der Waals surface area (Å²) >= 11 is 3.30. The van der Waals surface area contributed by atoms with Crippen molar-refractivity contribution in [1.29, 1.82) is 0 Å². The van der Waals surface area contributed by atoms with Crippen molar-refractivity contribution in [3.05, 3.63) is 28.7 Å². The quantitative estimate of drug-likeness (QED) is 0.300. The molecule has 1 aromatic rings. The third kappa shape index (κ3) is 10.0. The summed E-state index contributed by atoms with van der Waals surface area (Å²) in [6, 6.07) is 4.68. The van der Waals surface area contributed by atoms with E-state index in [2.05, 4.69) is 31.9 Å². The highest BCUT2D eigenvalue weighted by atomic mass is 79.9. The summed E-state index contributed by atoms with van der Waals surface area (Å²) in [4.78, 5) is 44.6. The summed E-state index contributed by atoms with van der Waals surface area (Å²) in [5.74, 6) is -2.45. The van der Waals surface area contributed by atoms with E-state index in [0.717, 1.165) is 4.47 Å². The molecule has 6 N–H and O–H groups in total. The summed E-state index contributed by atoms with van der Waals surface area (Å²) in [7, 11) is 0. The number of benzene rings is 1. The molecule has 0 aliphatic carbocycles. The Morgan fingerprint density at radius 1 is 0.963 bits per heavy atom. The molecular weight excluding hydrogens is 424 g/mol. The molecule has 0 unspecified atom stereocenters. The fourth-order valence-electron chi connectivity index (χ4n) is 2.01. The second-order valence-electron chi connectivity index (χ2n) is 5.50. The van der Waals surface area contributed by atoms with E-state index in [1.807, 2.05) is 5.32 Å². The second kappa shape index (κ2) is 11.7. The van der Waals surface area contributed by atoms with Gasteiger partial charge < -0.3 is 31.5 Å². The molecule has 0 spiro atoms. The smallest absolute Gasteiger partial charge is 0.326 e. The Bertz CT molecular complexity index is 667. The molecular formula is C16H21BrN4O6. The van der Waals surface area contributed by atoms with Gasteiger partial charge in [0.05, 0.1) is 0 Å². The molecule has 1 rings (SSSR count). The van der Waals surface area contributed by atoms with E-state index in [9.17, 15) is 19.2 Å². The van der Waals surface area contributed by atoms with Gasteiger partial charge in [0.25, 0.3) is 0 Å². The van der Waals surface area contributed by atoms with Crippen LogP contribution >= 0.6 is 15.9 Å². The van der Waals surface area contributed by atoms with Crippen LogP contribution in [0.4, 0.5) is 15.3 Å². The molecule has 0 radical (unpaired) electrons. The standard InChI is InChI=1S/C16H21BrN4O6/c17-10-4-6-11(7-5-10)20-15(26)18-8-2-1-3-12(14(24)25)21-16(27)19-9-13(22)23/h4-7,12H,1-3,8-9H2,(H,22,23)(H,24,25)(H2,18,20,26)(H2,19,21,27)/t12-/m0/s1. The van der Waals surface area contributed by atoms with Crippen LogP contribution in [0.5, 0.6) is 0 Å². The van der Waals surface area contributed by atoms with E-state index in [-0.39, 0.29) is 12.5 Å². The Morgan fingerprint density at radius 3 is 2.22 bits per heavy atom. The van der Waals surface area contributed by atoms with Gasteiger partial charge in [-0.15, -0.1) is 0 Å². The maximum atomic E-state index is 11.7. The van der Waals surface area contributed by atoms with Gasteiger partial charge in [-0.05, 0) is 43.5 Å². The molecule has 1 atom stereocenters. The Balaban J connectivity index is 2.24. The zero-order chi connectivity index (χ0) is 20.2. The van der Waals surface area contributed by atoms with Gasteiger partial charge in [0.2, 0.25) is 0 Å². The summed E-state index contributed by atoms with van der Waals surface area (Å²) in [5, 5.41) is 27.1. The Hall–Kier alpha value is -2.82. The fourth-order valence-corrected chi connectivity index (χ4v) is 2.27. The van der Waals surface area contributed by atoms with Crippen LogP contribution < -0.4 is 21.3 Å². The van der Waals surface area contributed by atoms with Gasteiger partial charge in [0, 0.05) is 16.7 Å². The molecule has 0 aromatic heterocycles. The molecule has 0 aliphatic rings. The average Bonchev–Trinajstić information content (AvgIpc) is 2.60. The van der Waals surface area contributed by atoms with Gasteiger partial charge in [-0.2, -0.15) is 0 Å². The van der Waals surface area contributed by atoms with Gasteiger partial charge in [-0.3, -0.25) is 4.79 Å². The molecule has 1 aromatic carbocycles. The third-order valence-electron chi connectivity index (χ3n) is 3.31. The summed E-state index contributed by atoms with van der Waals surface area (Å²) < 4.78 is 0.895. The molecule has 0 saturated carbocycles. The number of rotatable bonds is 10. The molecule has 0 saturated heterocycles. The number of hydrogen-bond donors (Lipinski definition) is 6. The van der Waals surface area contributed by atoms with Gasteiger partial charge in [0.15, 0.2) is 0 Å². The number of hydrogen-bond acceptors (Lipinski definition) is 4. The maximum absolute atomic E-state index is 11.7. The first kappa shape index (κ1) is 22.2. The molecule has 0 aliphatic heterocycles. The lowest BCUT2D eigenvalue weighted by Gasteiger charge is -2.14. The van der Waals surface area contributed by atoms with Gasteiger partial charge in [-0.25, -0.2) is 14.4 Å². The number of amides is 4. The van der Waals surface area contributed by atoms with Crippen molar-refractivity contribution in [2.24, 2.45) is 0 Å². The first-order valence-electron chi connectivity index (χ1n) is 8.07. The molecule has 11 heteroatoms. The third-order valence-corrected chi connectivity index (χ3v) is 3.84. The average molecular weight is 445 g/mol. The first-order valence-corrected chi connectivity index (χ1v) is 8.86. The van der Waals surface area contributed by atoms with Gasteiger partial charge >= 0.3 is 24.0 Å². The number of carbonyl (C=O) groups excluding carboxylic acids is 2. The van der Waals surface area contributed by atoms with Crippen LogP contribution in [0.1, 0.15) is 19.3 Å². The van der Waals surface area contributed by atoms with Gasteiger partial charge in [0.1, 0.15) is 12.6 Å². The number of nitrogens with one attached hydrogen (secondary N) is 4. The highest BCUT2D eigenvalue weighted by Crippen LogP contribution is 2.13. The van der Waals surface area contributed by atoms with Crippen LogP contribution in [0.15, 0.2) is 28.7 Å². The molecule has 10 nitrogen and oxygen atoms in total. The van der Waals surface area contributed by atoms with Crippen molar-refractivity contribution in [2.45, 2.75) is 25.3 Å². The normalized spacial score (nSPS) is 11.1. The maximum Gasteiger partial charge on any atom is 0.326 e. The lowest BCUT2D eigenvalue weighted by molar-refractivity contribution is -0.139. The van der Waals surface area contributed by atoms with E-state index in [1.54, 1.807) is 24.3 Å². The minimum Gasteiger partial charge on any atom is -0.480 e. The number of urea groups is 2. The fraction of sp³-hybridized carbons (Fsp3) is 0.375. The predicted molar refractivity (Wildman–Crippen MR) is 101 cm³/mol. The van der Waals surface area contributed by atoms with Crippen molar-refractivity contribution < 1.29 is 29.4 Å². The molecule has 148 valence electrons. The van der Waals surface area contributed by atoms with Crippen molar-refractivity contribution in [3.63, 3.8) is 0 Å². The highest BCUT2D eigenvalue weighted by Gasteiger charge is 2.19. The first-order chi connectivity index (χ1) is 12.8. The zero-order valence-corrected chi connectivity index (χ0v) is 15.9. The number of aliphatic carboxylic acids is 2. The number of carboxylic acids is 2. The van der Waals surface area contributed by atoms with Crippen LogP contribution in [0.2, 0.25) is 0 Å². The topological polar surface area (TPSA) is 157 Å². The van der Waals surface area contributed by atoms with E-state index in [1.165, 1.54) is 0 Å². The van der Waals surface area contributed by atoms with E-state index < -0.39 is 30.6 Å². The predicted octanol–water partition coefficient (Wildman–Crippen LogP) is 1.58. The van der Waals surface area contributed by atoms with Crippen LogP contribution in [0.25, 0.3) is 0 Å². The molecule has 0 bridgehead atoms. The lowest BCUT2D eigenvalue weighted by Crippen LogP contribution is -2.47. The minimum atomic E-state index is -1.23. The van der Waals surface area contributed by atoms with E-state index >= 15 is 0 Å². The Kier molecular flexibility index (Phi) is 9.65. The largest absolute Gasteiger partial charge is 0.480 e. The number of halogens is 1. The summed E-state index contributed by atoms with van der Waals surface area (Å²) in [5.41, 5.74) is 0.637. The Morgan fingerprint density at radius 2 is 1.63 bits per heavy atom. The summed E-state index contributed by atoms with van der Waals surface area (Å²) in [6.07, 6.45) is 1.09. The van der Waals surface area contributed by atoms with Gasteiger partial charge in [-0.1, -0.05) is 15.9 Å². The van der Waals surface area contributed by atoms with Crippen LogP contribution in [0, 0.1) is 0 Å². The number of carbonyl (C=O) groups is 4. The monoisotopic (exact) mass is 444 g/mol. The second-order valence-corrected chi connectivity index (χ2v) is 6.41. The molecule has 0 fully saturated rings. The van der Waals surface area contributed by atoms with Crippen molar-refractivity contribution in [2.75, 3.05) is 18.4 Å². The SMILES string of the molecule is O=C(O)CNC(=O)N[C@@H](CCCCNC(=O)Nc1ccc(Br)cc1)C(=O)O. The van der Waals surface area contributed by atoms with Crippen molar-refractivity contribution in [3.8, 4) is 0 Å². The van der Waals surface area contributed by atoms with E-state index in [0.29, 0.717) is 25.1 Å².